The van der Waals surface area contributed by atoms with Crippen LogP contribution in [0.5, 0.6) is 5.75 Å². The van der Waals surface area contributed by atoms with Crippen LogP contribution in [0.3, 0.4) is 0 Å². The minimum atomic E-state index is -0.290. The van der Waals surface area contributed by atoms with Crippen LogP contribution in [0.4, 0.5) is 0 Å². The molecule has 0 N–H and O–H groups in total. The lowest BCUT2D eigenvalue weighted by Crippen LogP contribution is -2.11. The van der Waals surface area contributed by atoms with Crippen LogP contribution < -0.4 is 4.74 Å². The average Bonchev–Trinajstić information content (AvgIpc) is 3.04. The van der Waals surface area contributed by atoms with E-state index < -0.39 is 0 Å². The zero-order valence-corrected chi connectivity index (χ0v) is 15.8. The number of furan rings is 1. The van der Waals surface area contributed by atoms with Gasteiger partial charge in [0.15, 0.2) is 0 Å². The van der Waals surface area contributed by atoms with Gasteiger partial charge in [0.25, 0.3) is 0 Å². The molecule has 1 aromatic heterocycles. The van der Waals surface area contributed by atoms with Gasteiger partial charge < -0.3 is 9.15 Å². The Morgan fingerprint density at radius 3 is 2.67 bits per heavy atom. The van der Waals surface area contributed by atoms with Gasteiger partial charge in [0.05, 0.1) is 12.7 Å². The van der Waals surface area contributed by atoms with E-state index in [1.807, 2.05) is 49.4 Å². The Bertz CT molecular complexity index is 1140. The predicted octanol–water partition coefficient (Wildman–Crippen LogP) is 6.17. The van der Waals surface area contributed by atoms with Gasteiger partial charge in [0, 0.05) is 10.9 Å². The number of benzene rings is 3. The number of esters is 1. The highest BCUT2D eigenvalue weighted by atomic mass is 16.5. The summed E-state index contributed by atoms with van der Waals surface area (Å²) in [6.07, 6.45) is 1.83. The van der Waals surface area contributed by atoms with E-state index >= 15 is 0 Å². The molecule has 0 bridgehead atoms. The van der Waals surface area contributed by atoms with Crippen LogP contribution in [0, 0.1) is 6.92 Å². The fourth-order valence-electron chi connectivity index (χ4n) is 3.69. The van der Waals surface area contributed by atoms with Gasteiger partial charge in [-0.2, -0.15) is 0 Å². The summed E-state index contributed by atoms with van der Waals surface area (Å²) in [5.74, 6) is 0.738. The summed E-state index contributed by atoms with van der Waals surface area (Å²) in [5, 5.41) is 3.20. The van der Waals surface area contributed by atoms with E-state index in [-0.39, 0.29) is 12.4 Å². The highest BCUT2D eigenvalue weighted by Crippen LogP contribution is 2.30. The Morgan fingerprint density at radius 1 is 1.07 bits per heavy atom. The van der Waals surface area contributed by atoms with E-state index in [1.165, 1.54) is 5.56 Å². The highest BCUT2D eigenvalue weighted by Gasteiger charge is 2.15. The van der Waals surface area contributed by atoms with Crippen molar-refractivity contribution in [1.29, 1.82) is 0 Å². The van der Waals surface area contributed by atoms with E-state index in [2.05, 4.69) is 26.0 Å². The number of hydrogen-bond donors (Lipinski definition) is 0. The Hall–Kier alpha value is -3.07. The number of fused-ring (bicyclic) bond motifs is 3. The van der Waals surface area contributed by atoms with Crippen LogP contribution in [-0.4, -0.2) is 5.97 Å². The molecule has 0 aliphatic heterocycles. The van der Waals surface area contributed by atoms with Crippen molar-refractivity contribution in [3.05, 3.63) is 77.6 Å². The zero-order chi connectivity index (χ0) is 19.0. The standard InChI is InChI=1S/C24H22O3/c1-15(2)20-10-9-19(12-16(20)3)27-23(25)13-18-14-26-22-11-8-17-6-4-5-7-21(17)24(18)22/h4-12,14-15H,13H2,1-3H3. The molecule has 0 radical (unpaired) electrons. The number of rotatable bonds is 4. The molecule has 0 aliphatic rings. The van der Waals surface area contributed by atoms with Crippen molar-refractivity contribution in [3.63, 3.8) is 0 Å². The molecular weight excluding hydrogens is 336 g/mol. The third-order valence-electron chi connectivity index (χ3n) is 4.97. The van der Waals surface area contributed by atoms with Crippen molar-refractivity contribution < 1.29 is 13.9 Å². The molecule has 0 unspecified atom stereocenters. The molecular formula is C24H22O3. The molecule has 0 saturated carbocycles. The molecule has 0 saturated heterocycles. The van der Waals surface area contributed by atoms with Crippen LogP contribution in [0.15, 0.2) is 65.3 Å². The second-order valence-electron chi connectivity index (χ2n) is 7.24. The molecule has 3 aromatic carbocycles. The molecule has 136 valence electrons. The Balaban J connectivity index is 1.60. The smallest absolute Gasteiger partial charge is 0.315 e. The van der Waals surface area contributed by atoms with Gasteiger partial charge in [0.1, 0.15) is 11.3 Å². The first-order valence-corrected chi connectivity index (χ1v) is 9.22. The monoisotopic (exact) mass is 358 g/mol. The maximum atomic E-state index is 12.5. The van der Waals surface area contributed by atoms with Crippen LogP contribution in [0.25, 0.3) is 21.7 Å². The van der Waals surface area contributed by atoms with E-state index in [4.69, 9.17) is 9.15 Å². The highest BCUT2D eigenvalue weighted by molar-refractivity contribution is 6.08. The molecule has 3 nitrogen and oxygen atoms in total. The first kappa shape index (κ1) is 17.3. The fraction of sp³-hybridized carbons (Fsp3) is 0.208. The normalized spacial score (nSPS) is 11.4. The summed E-state index contributed by atoms with van der Waals surface area (Å²) in [4.78, 5) is 12.5. The van der Waals surface area contributed by atoms with Gasteiger partial charge in [0.2, 0.25) is 0 Å². The van der Waals surface area contributed by atoms with Crippen LogP contribution in [0.2, 0.25) is 0 Å². The second-order valence-corrected chi connectivity index (χ2v) is 7.24. The summed E-state index contributed by atoms with van der Waals surface area (Å²) in [6, 6.07) is 17.9. The van der Waals surface area contributed by atoms with E-state index in [9.17, 15) is 4.79 Å². The third kappa shape index (κ3) is 3.33. The quantitative estimate of drug-likeness (QED) is 0.324. The lowest BCUT2D eigenvalue weighted by atomic mass is 9.98. The topological polar surface area (TPSA) is 39.4 Å². The molecule has 0 amide bonds. The molecule has 0 fully saturated rings. The molecule has 3 heteroatoms. The maximum Gasteiger partial charge on any atom is 0.315 e. The van der Waals surface area contributed by atoms with Crippen molar-refractivity contribution in [2.45, 2.75) is 33.1 Å². The first-order chi connectivity index (χ1) is 13.0. The van der Waals surface area contributed by atoms with E-state index in [0.29, 0.717) is 11.7 Å². The van der Waals surface area contributed by atoms with Crippen molar-refractivity contribution >= 4 is 27.7 Å². The number of carbonyl (C=O) groups is 1. The van der Waals surface area contributed by atoms with Crippen LogP contribution in [0.1, 0.15) is 36.5 Å². The second kappa shape index (κ2) is 6.92. The van der Waals surface area contributed by atoms with Crippen molar-refractivity contribution in [2.24, 2.45) is 0 Å². The number of hydrogen-bond acceptors (Lipinski definition) is 3. The molecule has 27 heavy (non-hydrogen) atoms. The Morgan fingerprint density at radius 2 is 1.89 bits per heavy atom. The number of ether oxygens (including phenoxy) is 1. The van der Waals surface area contributed by atoms with Crippen molar-refractivity contribution in [3.8, 4) is 5.75 Å². The van der Waals surface area contributed by atoms with Gasteiger partial charge in [-0.3, -0.25) is 4.79 Å². The summed E-state index contributed by atoms with van der Waals surface area (Å²) in [7, 11) is 0. The van der Waals surface area contributed by atoms with E-state index in [0.717, 1.165) is 32.9 Å². The SMILES string of the molecule is Cc1cc(OC(=O)Cc2coc3ccc4ccccc4c23)ccc1C(C)C. The van der Waals surface area contributed by atoms with Gasteiger partial charge in [-0.1, -0.05) is 50.2 Å². The molecule has 1 heterocycles. The van der Waals surface area contributed by atoms with Gasteiger partial charge >= 0.3 is 5.97 Å². The summed E-state index contributed by atoms with van der Waals surface area (Å²) in [6.45, 7) is 6.35. The average molecular weight is 358 g/mol. The number of carbonyl (C=O) groups excluding carboxylic acids is 1. The summed E-state index contributed by atoms with van der Waals surface area (Å²) in [5.41, 5.74) is 4.04. The first-order valence-electron chi connectivity index (χ1n) is 9.22. The summed E-state index contributed by atoms with van der Waals surface area (Å²) < 4.78 is 11.2. The predicted molar refractivity (Wildman–Crippen MR) is 108 cm³/mol. The molecule has 0 spiro atoms. The maximum absolute atomic E-state index is 12.5. The minimum absolute atomic E-state index is 0.173. The third-order valence-corrected chi connectivity index (χ3v) is 4.97. The molecule has 4 rings (SSSR count). The fourth-order valence-corrected chi connectivity index (χ4v) is 3.69. The van der Waals surface area contributed by atoms with E-state index in [1.54, 1.807) is 6.26 Å². The lowest BCUT2D eigenvalue weighted by Gasteiger charge is -2.11. The van der Waals surface area contributed by atoms with Gasteiger partial charge in [-0.05, 0) is 52.9 Å². The van der Waals surface area contributed by atoms with Crippen LogP contribution >= 0.6 is 0 Å². The van der Waals surface area contributed by atoms with Crippen LogP contribution in [-0.2, 0) is 11.2 Å². The molecule has 0 aliphatic carbocycles. The van der Waals surface area contributed by atoms with Gasteiger partial charge in [-0.15, -0.1) is 0 Å². The van der Waals surface area contributed by atoms with Crippen molar-refractivity contribution in [2.75, 3.05) is 0 Å². The number of aryl methyl sites for hydroxylation is 1. The largest absolute Gasteiger partial charge is 0.464 e. The van der Waals surface area contributed by atoms with Crippen molar-refractivity contribution in [1.82, 2.24) is 0 Å². The lowest BCUT2D eigenvalue weighted by molar-refractivity contribution is -0.133. The van der Waals surface area contributed by atoms with Gasteiger partial charge in [-0.25, -0.2) is 0 Å². The summed E-state index contributed by atoms with van der Waals surface area (Å²) >= 11 is 0. The Labute approximate surface area is 158 Å². The zero-order valence-electron chi connectivity index (χ0n) is 15.8. The Kier molecular flexibility index (Phi) is 4.44. The minimum Gasteiger partial charge on any atom is -0.464 e. The molecule has 4 aromatic rings. The molecule has 0 atom stereocenters.